The predicted octanol–water partition coefficient (Wildman–Crippen LogP) is 2.24. The van der Waals surface area contributed by atoms with Crippen molar-refractivity contribution in [2.75, 3.05) is 5.88 Å². The molecule has 10 heavy (non-hydrogen) atoms. The molecular formula is C6H12N2S2. The molecule has 0 unspecified atom stereocenters. The van der Waals surface area contributed by atoms with Crippen LogP contribution in [0.15, 0.2) is 16.1 Å². The lowest BCUT2D eigenvalue weighted by Crippen LogP contribution is -1.88. The first kappa shape index (κ1) is 10.1. The van der Waals surface area contributed by atoms with Crippen molar-refractivity contribution in [1.29, 1.82) is 0 Å². The standard InChI is InChI=1S/C6H12N2S2/c1-3-6(8-4-2)10-9-5-7/h3-4H,5,7H2,1-2H3/b6-3+,8-4?. The molecule has 0 aliphatic heterocycles. The van der Waals surface area contributed by atoms with Crippen LogP contribution in [0.4, 0.5) is 0 Å². The van der Waals surface area contributed by atoms with Gasteiger partial charge in [-0.15, -0.1) is 0 Å². The Kier molecular flexibility index (Phi) is 7.23. The summed E-state index contributed by atoms with van der Waals surface area (Å²) in [6.45, 7) is 3.86. The number of hydrogen-bond acceptors (Lipinski definition) is 4. The molecule has 0 saturated heterocycles. The molecule has 2 N–H and O–H groups in total. The first-order valence-electron chi connectivity index (χ1n) is 2.99. The highest BCUT2D eigenvalue weighted by molar-refractivity contribution is 8.78. The molecule has 0 radical (unpaired) electrons. The van der Waals surface area contributed by atoms with E-state index >= 15 is 0 Å². The Morgan fingerprint density at radius 3 is 2.70 bits per heavy atom. The van der Waals surface area contributed by atoms with E-state index in [0.29, 0.717) is 5.88 Å². The highest BCUT2D eigenvalue weighted by atomic mass is 33.1. The van der Waals surface area contributed by atoms with Crippen LogP contribution in [0, 0.1) is 0 Å². The van der Waals surface area contributed by atoms with Gasteiger partial charge in [-0.3, -0.25) is 4.99 Å². The van der Waals surface area contributed by atoms with E-state index in [-0.39, 0.29) is 0 Å². The number of rotatable bonds is 4. The van der Waals surface area contributed by atoms with Gasteiger partial charge in [0.25, 0.3) is 0 Å². The van der Waals surface area contributed by atoms with Crippen molar-refractivity contribution >= 4 is 27.8 Å². The Morgan fingerprint density at radius 1 is 1.60 bits per heavy atom. The summed E-state index contributed by atoms with van der Waals surface area (Å²) in [4.78, 5) is 4.10. The van der Waals surface area contributed by atoms with Crippen LogP contribution in [0.5, 0.6) is 0 Å². The molecule has 0 rings (SSSR count). The molecule has 58 valence electrons. The van der Waals surface area contributed by atoms with Gasteiger partial charge in [0.05, 0.1) is 5.88 Å². The smallest absolute Gasteiger partial charge is 0.102 e. The normalized spacial score (nSPS) is 12.9. The average molecular weight is 176 g/mol. The van der Waals surface area contributed by atoms with E-state index in [1.807, 2.05) is 19.9 Å². The van der Waals surface area contributed by atoms with E-state index in [2.05, 4.69) is 4.99 Å². The topological polar surface area (TPSA) is 38.4 Å². The van der Waals surface area contributed by atoms with Gasteiger partial charge < -0.3 is 5.73 Å². The summed E-state index contributed by atoms with van der Waals surface area (Å²) in [5.41, 5.74) is 5.29. The maximum Gasteiger partial charge on any atom is 0.102 e. The fourth-order valence-electron chi connectivity index (χ4n) is 0.366. The van der Waals surface area contributed by atoms with Crippen LogP contribution in [0.1, 0.15) is 13.8 Å². The molecule has 0 amide bonds. The monoisotopic (exact) mass is 176 g/mol. The highest BCUT2D eigenvalue weighted by Gasteiger charge is 1.90. The molecule has 0 heterocycles. The summed E-state index contributed by atoms with van der Waals surface area (Å²) in [6.07, 6.45) is 3.74. The maximum absolute atomic E-state index is 5.29. The molecule has 2 nitrogen and oxygen atoms in total. The minimum Gasteiger partial charge on any atom is -0.321 e. The van der Waals surface area contributed by atoms with Crippen LogP contribution >= 0.6 is 21.6 Å². The lowest BCUT2D eigenvalue weighted by atomic mass is 10.7. The second-order valence-electron chi connectivity index (χ2n) is 1.38. The van der Waals surface area contributed by atoms with Gasteiger partial charge in [-0.25, -0.2) is 0 Å². The van der Waals surface area contributed by atoms with E-state index < -0.39 is 0 Å². The lowest BCUT2D eigenvalue weighted by molar-refractivity contribution is 1.41. The van der Waals surface area contributed by atoms with Crippen LogP contribution in [-0.2, 0) is 0 Å². The van der Waals surface area contributed by atoms with Crippen LogP contribution in [-0.4, -0.2) is 12.1 Å². The Labute approximate surface area is 69.8 Å². The molecule has 0 aliphatic carbocycles. The van der Waals surface area contributed by atoms with Crippen molar-refractivity contribution in [1.82, 2.24) is 0 Å². The second kappa shape index (κ2) is 7.18. The van der Waals surface area contributed by atoms with Crippen molar-refractivity contribution < 1.29 is 0 Å². The average Bonchev–Trinajstić information content (AvgIpc) is 1.98. The SMILES string of the molecule is CC=N/C(=C\C)SSCN. The Balaban J connectivity index is 3.62. The van der Waals surface area contributed by atoms with Crippen LogP contribution in [0.3, 0.4) is 0 Å². The fourth-order valence-corrected chi connectivity index (χ4v) is 1.78. The van der Waals surface area contributed by atoms with E-state index in [1.165, 1.54) is 0 Å². The number of allylic oxidation sites excluding steroid dienone is 1. The van der Waals surface area contributed by atoms with Crippen molar-refractivity contribution in [2.24, 2.45) is 10.7 Å². The molecule has 4 heteroatoms. The minimum absolute atomic E-state index is 0.626. The molecule has 0 aromatic carbocycles. The molecule has 0 atom stereocenters. The number of hydrogen-bond donors (Lipinski definition) is 1. The molecule has 0 bridgehead atoms. The van der Waals surface area contributed by atoms with Crippen LogP contribution in [0.25, 0.3) is 0 Å². The van der Waals surface area contributed by atoms with E-state index in [9.17, 15) is 0 Å². The Bertz CT molecular complexity index is 132. The van der Waals surface area contributed by atoms with Gasteiger partial charge >= 0.3 is 0 Å². The van der Waals surface area contributed by atoms with Crippen molar-refractivity contribution in [3.8, 4) is 0 Å². The van der Waals surface area contributed by atoms with Gasteiger partial charge in [0.15, 0.2) is 0 Å². The summed E-state index contributed by atoms with van der Waals surface area (Å²) in [6, 6.07) is 0. The lowest BCUT2D eigenvalue weighted by Gasteiger charge is -1.95. The summed E-state index contributed by atoms with van der Waals surface area (Å²) >= 11 is 0. The molecule has 0 spiro atoms. The van der Waals surface area contributed by atoms with Gasteiger partial charge in [-0.1, -0.05) is 16.9 Å². The van der Waals surface area contributed by atoms with E-state index in [1.54, 1.807) is 27.8 Å². The molecule has 0 aliphatic rings. The molecule has 0 saturated carbocycles. The third-order valence-electron chi connectivity index (χ3n) is 0.716. The molecular weight excluding hydrogens is 164 g/mol. The van der Waals surface area contributed by atoms with Gasteiger partial charge in [0.2, 0.25) is 0 Å². The highest BCUT2D eigenvalue weighted by Crippen LogP contribution is 2.28. The van der Waals surface area contributed by atoms with Gasteiger partial charge in [-0.2, -0.15) is 0 Å². The zero-order valence-corrected chi connectivity index (χ0v) is 7.84. The number of nitrogens with zero attached hydrogens (tertiary/aromatic N) is 1. The van der Waals surface area contributed by atoms with Gasteiger partial charge in [0, 0.05) is 6.21 Å². The number of aliphatic imine (C=N–C) groups is 1. The fraction of sp³-hybridized carbons (Fsp3) is 0.500. The summed E-state index contributed by atoms with van der Waals surface area (Å²) in [5, 5.41) is 1.01. The molecule has 0 aromatic heterocycles. The largest absolute Gasteiger partial charge is 0.321 e. The summed E-state index contributed by atoms with van der Waals surface area (Å²) in [5.74, 6) is 0.626. The van der Waals surface area contributed by atoms with Gasteiger partial charge in [-0.05, 0) is 24.6 Å². The van der Waals surface area contributed by atoms with Gasteiger partial charge in [0.1, 0.15) is 5.03 Å². The molecule has 0 aromatic rings. The van der Waals surface area contributed by atoms with E-state index in [4.69, 9.17) is 5.73 Å². The van der Waals surface area contributed by atoms with Crippen LogP contribution in [0.2, 0.25) is 0 Å². The third-order valence-corrected chi connectivity index (χ3v) is 2.76. The minimum atomic E-state index is 0.626. The second-order valence-corrected chi connectivity index (χ2v) is 3.74. The Morgan fingerprint density at radius 2 is 2.30 bits per heavy atom. The summed E-state index contributed by atoms with van der Waals surface area (Å²) in [7, 11) is 3.19. The Hall–Kier alpha value is 0.0700. The van der Waals surface area contributed by atoms with Crippen LogP contribution < -0.4 is 5.73 Å². The maximum atomic E-state index is 5.29. The zero-order valence-electron chi connectivity index (χ0n) is 6.20. The third kappa shape index (κ3) is 4.90. The molecule has 0 fully saturated rings. The van der Waals surface area contributed by atoms with E-state index in [0.717, 1.165) is 5.03 Å². The van der Waals surface area contributed by atoms with Crippen molar-refractivity contribution in [3.05, 3.63) is 11.1 Å². The predicted molar refractivity (Wildman–Crippen MR) is 52.2 cm³/mol. The number of nitrogens with two attached hydrogens (primary N) is 1. The van der Waals surface area contributed by atoms with Crippen molar-refractivity contribution in [3.63, 3.8) is 0 Å². The first-order chi connectivity index (χ1) is 4.85. The first-order valence-corrected chi connectivity index (χ1v) is 5.31. The summed E-state index contributed by atoms with van der Waals surface area (Å²) < 4.78 is 0. The quantitative estimate of drug-likeness (QED) is 0.405. The zero-order chi connectivity index (χ0) is 7.82. The van der Waals surface area contributed by atoms with Crippen molar-refractivity contribution in [2.45, 2.75) is 13.8 Å².